The fourth-order valence-corrected chi connectivity index (χ4v) is 6.37. The van der Waals surface area contributed by atoms with Gasteiger partial charge in [0.25, 0.3) is 5.91 Å². The van der Waals surface area contributed by atoms with Gasteiger partial charge in [-0.15, -0.1) is 6.58 Å². The molecule has 0 aliphatic carbocycles. The molecule has 3 saturated heterocycles. The second-order valence-electron chi connectivity index (χ2n) is 10.3. The summed E-state index contributed by atoms with van der Waals surface area (Å²) >= 11 is 0. The normalized spacial score (nSPS) is 30.3. The van der Waals surface area contributed by atoms with Gasteiger partial charge in [-0.05, 0) is 57.2 Å². The van der Waals surface area contributed by atoms with E-state index in [4.69, 9.17) is 9.47 Å². The van der Waals surface area contributed by atoms with Gasteiger partial charge in [0, 0.05) is 25.4 Å². The predicted molar refractivity (Wildman–Crippen MR) is 135 cm³/mol. The maximum absolute atomic E-state index is 14.4. The molecule has 8 heteroatoms. The maximum atomic E-state index is 14.4. The van der Waals surface area contributed by atoms with Gasteiger partial charge in [0.1, 0.15) is 24.2 Å². The summed E-state index contributed by atoms with van der Waals surface area (Å²) in [6.07, 6.45) is 4.47. The van der Waals surface area contributed by atoms with Crippen LogP contribution < -0.4 is 4.90 Å². The predicted octanol–water partition coefficient (Wildman–Crippen LogP) is 2.70. The number of fused-ring (bicyclic) bond motifs is 1. The first-order valence-electron chi connectivity index (χ1n) is 12.5. The van der Waals surface area contributed by atoms with Crippen molar-refractivity contribution < 1.29 is 29.0 Å². The van der Waals surface area contributed by atoms with Gasteiger partial charge in [0.2, 0.25) is 5.91 Å². The summed E-state index contributed by atoms with van der Waals surface area (Å²) in [6.45, 7) is 13.5. The molecule has 1 spiro atoms. The second kappa shape index (κ2) is 9.82. The zero-order valence-electron chi connectivity index (χ0n) is 21.4. The van der Waals surface area contributed by atoms with Gasteiger partial charge < -0.3 is 24.4 Å². The van der Waals surface area contributed by atoms with Crippen molar-refractivity contribution >= 4 is 23.5 Å². The molecular formula is C28H36N2O6. The van der Waals surface area contributed by atoms with Gasteiger partial charge in [-0.25, -0.2) is 0 Å². The Bertz CT molecular complexity index is 1090. The number of carbonyl (C=O) groups excluding carboxylic acids is 3. The number of carbonyl (C=O) groups is 3. The number of benzene rings is 1. The summed E-state index contributed by atoms with van der Waals surface area (Å²) in [5.74, 6) is -2.73. The molecule has 2 unspecified atom stereocenters. The first-order chi connectivity index (χ1) is 17.1. The highest BCUT2D eigenvalue weighted by molar-refractivity contribution is 6.05. The Morgan fingerprint density at radius 2 is 2.03 bits per heavy atom. The monoisotopic (exact) mass is 496 g/mol. The molecule has 0 saturated carbocycles. The van der Waals surface area contributed by atoms with E-state index in [-0.39, 0.29) is 38.1 Å². The number of ether oxygens (including phenoxy) is 2. The Balaban J connectivity index is 1.80. The first-order valence-corrected chi connectivity index (χ1v) is 12.5. The third-order valence-corrected chi connectivity index (χ3v) is 7.90. The smallest absolute Gasteiger partial charge is 0.313 e. The summed E-state index contributed by atoms with van der Waals surface area (Å²) in [4.78, 5) is 44.6. The zero-order valence-corrected chi connectivity index (χ0v) is 21.4. The third kappa shape index (κ3) is 3.96. The molecule has 5 atom stereocenters. The molecule has 0 aromatic heterocycles. The molecule has 2 amide bonds. The zero-order chi connectivity index (χ0) is 26.3. The second-order valence-corrected chi connectivity index (χ2v) is 10.3. The third-order valence-electron chi connectivity index (χ3n) is 7.90. The number of hydrogen-bond acceptors (Lipinski definition) is 6. The average Bonchev–Trinajstić information content (AvgIpc) is 3.41. The topological polar surface area (TPSA) is 96.4 Å². The standard InChI is InChI=1S/C28H36N2O6/c1-6-13-29(20-17-18(3)9-10-19(20)4)25(33)23-28-12-11-27(5,36-28)22(26(34)35-16-7-2)21(28)24(32)30(23)14-8-15-31/h6-7,9-10,17,21-23,31H,1-2,8,11-16H2,3-5H3/t21-,22-,23?,27+,28?/m0/s1. The number of nitrogens with zero attached hydrogens (tertiary/aromatic N) is 2. The van der Waals surface area contributed by atoms with E-state index >= 15 is 0 Å². The molecule has 0 radical (unpaired) electrons. The van der Waals surface area contributed by atoms with E-state index in [1.165, 1.54) is 11.0 Å². The van der Waals surface area contributed by atoms with Crippen LogP contribution in [0.25, 0.3) is 0 Å². The number of amides is 2. The maximum Gasteiger partial charge on any atom is 0.313 e. The van der Waals surface area contributed by atoms with Crippen LogP contribution in [0.3, 0.4) is 0 Å². The summed E-state index contributed by atoms with van der Waals surface area (Å²) in [5, 5.41) is 9.53. The van der Waals surface area contributed by atoms with E-state index in [1.54, 1.807) is 11.0 Å². The first kappa shape index (κ1) is 26.1. The molecule has 194 valence electrons. The molecule has 1 aromatic carbocycles. The summed E-state index contributed by atoms with van der Waals surface area (Å²) in [5.41, 5.74) is 0.625. The fourth-order valence-electron chi connectivity index (χ4n) is 6.37. The van der Waals surface area contributed by atoms with Crippen molar-refractivity contribution in [2.45, 2.75) is 57.3 Å². The molecule has 36 heavy (non-hydrogen) atoms. The molecule has 1 N–H and O–H groups in total. The molecule has 8 nitrogen and oxygen atoms in total. The lowest BCUT2D eigenvalue weighted by Gasteiger charge is -2.37. The van der Waals surface area contributed by atoms with Crippen molar-refractivity contribution in [3.8, 4) is 0 Å². The van der Waals surface area contributed by atoms with E-state index in [1.807, 2.05) is 39.0 Å². The van der Waals surface area contributed by atoms with Crippen molar-refractivity contribution in [1.82, 2.24) is 4.90 Å². The number of likely N-dealkylation sites (tertiary alicyclic amines) is 1. The number of hydrogen-bond donors (Lipinski definition) is 1. The van der Waals surface area contributed by atoms with Crippen LogP contribution in [0.5, 0.6) is 0 Å². The highest BCUT2D eigenvalue weighted by atomic mass is 16.6. The van der Waals surface area contributed by atoms with Crippen molar-refractivity contribution in [1.29, 1.82) is 0 Å². The van der Waals surface area contributed by atoms with Crippen molar-refractivity contribution in [3.63, 3.8) is 0 Å². The van der Waals surface area contributed by atoms with Crippen molar-refractivity contribution in [3.05, 3.63) is 54.6 Å². The summed E-state index contributed by atoms with van der Waals surface area (Å²) in [7, 11) is 0. The van der Waals surface area contributed by atoms with Gasteiger partial charge >= 0.3 is 5.97 Å². The highest BCUT2D eigenvalue weighted by Crippen LogP contribution is 2.63. The minimum absolute atomic E-state index is 0.0374. The van der Waals surface area contributed by atoms with Gasteiger partial charge in [0.15, 0.2) is 0 Å². The van der Waals surface area contributed by atoms with Crippen LogP contribution in [0.2, 0.25) is 0 Å². The molecule has 3 aliphatic rings. The summed E-state index contributed by atoms with van der Waals surface area (Å²) < 4.78 is 12.0. The number of aliphatic hydroxyl groups excluding tert-OH is 1. The molecule has 4 rings (SSSR count). The molecule has 2 bridgehead atoms. The van der Waals surface area contributed by atoms with E-state index < -0.39 is 35.0 Å². The van der Waals surface area contributed by atoms with Crippen LogP contribution in [0.15, 0.2) is 43.5 Å². The Kier molecular flexibility index (Phi) is 7.12. The van der Waals surface area contributed by atoms with Gasteiger partial charge in [0.05, 0.1) is 11.5 Å². The number of anilines is 1. The van der Waals surface area contributed by atoms with Gasteiger partial charge in [-0.1, -0.05) is 30.9 Å². The van der Waals surface area contributed by atoms with E-state index in [0.717, 1.165) is 16.8 Å². The van der Waals surface area contributed by atoms with Crippen molar-refractivity contribution in [2.75, 3.05) is 31.2 Å². The van der Waals surface area contributed by atoms with E-state index in [2.05, 4.69) is 13.2 Å². The average molecular weight is 497 g/mol. The fraction of sp³-hybridized carbons (Fsp3) is 0.536. The minimum atomic E-state index is -1.15. The van der Waals surface area contributed by atoms with E-state index in [9.17, 15) is 19.5 Å². The highest BCUT2D eigenvalue weighted by Gasteiger charge is 2.78. The van der Waals surface area contributed by atoms with E-state index in [0.29, 0.717) is 19.3 Å². The Morgan fingerprint density at radius 1 is 1.28 bits per heavy atom. The molecule has 3 aliphatic heterocycles. The lowest BCUT2D eigenvalue weighted by atomic mass is 9.66. The Morgan fingerprint density at radius 3 is 2.69 bits per heavy atom. The van der Waals surface area contributed by atoms with Crippen molar-refractivity contribution in [2.24, 2.45) is 11.8 Å². The van der Waals surface area contributed by atoms with Crippen LogP contribution in [0.4, 0.5) is 5.69 Å². The van der Waals surface area contributed by atoms with Gasteiger partial charge in [-0.2, -0.15) is 0 Å². The lowest BCUT2D eigenvalue weighted by Crippen LogP contribution is -2.56. The minimum Gasteiger partial charge on any atom is -0.461 e. The Labute approximate surface area is 212 Å². The molecule has 3 heterocycles. The number of aliphatic hydroxyl groups is 1. The number of rotatable bonds is 10. The molecule has 3 fully saturated rings. The quantitative estimate of drug-likeness (QED) is 0.395. The molecular weight excluding hydrogens is 460 g/mol. The Hall–Kier alpha value is -2.97. The van der Waals surface area contributed by atoms with Gasteiger partial charge in [-0.3, -0.25) is 14.4 Å². The summed E-state index contributed by atoms with van der Waals surface area (Å²) in [6, 6.07) is 4.96. The van der Waals surface area contributed by atoms with Crippen LogP contribution in [-0.4, -0.2) is 71.3 Å². The lowest BCUT2D eigenvalue weighted by molar-refractivity contribution is -0.158. The largest absolute Gasteiger partial charge is 0.461 e. The van der Waals surface area contributed by atoms with Crippen LogP contribution in [-0.2, 0) is 23.9 Å². The number of esters is 1. The molecule has 1 aromatic rings. The van der Waals surface area contributed by atoms with Crippen LogP contribution >= 0.6 is 0 Å². The SMILES string of the molecule is C=CCOC(=O)[C@@H]1[C@H]2C(=O)N(CCCO)C(C(=O)N(CC=C)c3cc(C)ccc3C)C23CC[C@@]1(C)O3. The van der Waals surface area contributed by atoms with Crippen LogP contribution in [0, 0.1) is 25.7 Å². The van der Waals surface area contributed by atoms with Crippen LogP contribution in [0.1, 0.15) is 37.3 Å². The number of aryl methyl sites for hydroxylation is 2.